The summed E-state index contributed by atoms with van der Waals surface area (Å²) in [6.07, 6.45) is 0. The van der Waals surface area contributed by atoms with Crippen molar-refractivity contribution in [3.63, 3.8) is 0 Å². The molecular formula is C17H13FS3. The molecule has 0 radical (unpaired) electrons. The Labute approximate surface area is 135 Å². The number of aryl methyl sites for hydroxylation is 2. The number of hydrogen-bond donors (Lipinski definition) is 0. The summed E-state index contributed by atoms with van der Waals surface area (Å²) < 4.78 is 14.7. The second-order valence-corrected chi connectivity index (χ2v) is 7.80. The van der Waals surface area contributed by atoms with E-state index in [2.05, 4.69) is 31.2 Å². The van der Waals surface area contributed by atoms with Gasteiger partial charge in [-0.2, -0.15) is 0 Å². The smallest absolute Gasteiger partial charge is 0.126 e. The number of benzene rings is 2. The summed E-state index contributed by atoms with van der Waals surface area (Å²) in [6.45, 7) is 3.83. The summed E-state index contributed by atoms with van der Waals surface area (Å²) in [6, 6.07) is 13.7. The monoisotopic (exact) mass is 332 g/mol. The van der Waals surface area contributed by atoms with Crippen LogP contribution in [0.3, 0.4) is 0 Å². The summed E-state index contributed by atoms with van der Waals surface area (Å²) in [4.78, 5) is 1.05. The van der Waals surface area contributed by atoms with Gasteiger partial charge in [0.15, 0.2) is 0 Å². The van der Waals surface area contributed by atoms with Gasteiger partial charge in [0.25, 0.3) is 0 Å². The molecule has 106 valence electrons. The molecule has 4 heteroatoms. The highest BCUT2D eigenvalue weighted by Gasteiger charge is 2.13. The van der Waals surface area contributed by atoms with Gasteiger partial charge in [0, 0.05) is 5.56 Å². The first kappa shape index (κ1) is 14.6. The SMILES string of the molecule is Cc1ccc(-c2c(-c3ccc(C)c(F)c3)ssc2=S)cc1. The average Bonchev–Trinajstić information content (AvgIpc) is 2.85. The zero-order chi connectivity index (χ0) is 15.0. The highest BCUT2D eigenvalue weighted by atomic mass is 32.9. The Morgan fingerprint density at radius 3 is 2.24 bits per heavy atom. The normalized spacial score (nSPS) is 10.8. The fourth-order valence-electron chi connectivity index (χ4n) is 2.15. The van der Waals surface area contributed by atoms with Gasteiger partial charge < -0.3 is 0 Å². The molecule has 0 unspecified atom stereocenters. The van der Waals surface area contributed by atoms with E-state index in [0.29, 0.717) is 5.56 Å². The van der Waals surface area contributed by atoms with Crippen LogP contribution in [-0.4, -0.2) is 0 Å². The van der Waals surface area contributed by atoms with Gasteiger partial charge in [0.2, 0.25) is 0 Å². The van der Waals surface area contributed by atoms with E-state index in [1.807, 2.05) is 12.1 Å². The summed E-state index contributed by atoms with van der Waals surface area (Å²) in [5, 5.41) is 0. The molecule has 0 aliphatic carbocycles. The molecule has 0 saturated carbocycles. The lowest BCUT2D eigenvalue weighted by Gasteiger charge is -2.06. The lowest BCUT2D eigenvalue weighted by atomic mass is 10.0. The van der Waals surface area contributed by atoms with Crippen LogP contribution in [0.15, 0.2) is 42.5 Å². The van der Waals surface area contributed by atoms with E-state index in [0.717, 1.165) is 25.4 Å². The van der Waals surface area contributed by atoms with Gasteiger partial charge in [-0.05, 0) is 36.6 Å². The summed E-state index contributed by atoms with van der Waals surface area (Å²) >= 11 is 5.48. The topological polar surface area (TPSA) is 0 Å². The molecule has 21 heavy (non-hydrogen) atoms. The van der Waals surface area contributed by atoms with Gasteiger partial charge in [-0.3, -0.25) is 0 Å². The van der Waals surface area contributed by atoms with Gasteiger partial charge in [-0.15, -0.1) is 0 Å². The van der Waals surface area contributed by atoms with Crippen LogP contribution in [0.1, 0.15) is 11.1 Å². The Morgan fingerprint density at radius 1 is 0.905 bits per heavy atom. The van der Waals surface area contributed by atoms with E-state index >= 15 is 0 Å². The molecule has 0 N–H and O–H groups in total. The lowest BCUT2D eigenvalue weighted by Crippen LogP contribution is -1.85. The van der Waals surface area contributed by atoms with Crippen molar-refractivity contribution in [2.75, 3.05) is 0 Å². The molecule has 0 spiro atoms. The maximum atomic E-state index is 13.8. The van der Waals surface area contributed by atoms with Crippen molar-refractivity contribution in [1.29, 1.82) is 0 Å². The Hall–Kier alpha value is -1.36. The van der Waals surface area contributed by atoms with Crippen LogP contribution in [0, 0.1) is 23.5 Å². The molecule has 3 rings (SSSR count). The molecule has 0 saturated heterocycles. The molecule has 0 aliphatic rings. The Bertz CT molecular complexity index is 841. The van der Waals surface area contributed by atoms with Crippen LogP contribution < -0.4 is 0 Å². The van der Waals surface area contributed by atoms with E-state index in [-0.39, 0.29) is 5.82 Å². The van der Waals surface area contributed by atoms with Crippen molar-refractivity contribution < 1.29 is 4.39 Å². The third-order valence-electron chi connectivity index (χ3n) is 3.41. The first-order chi connectivity index (χ1) is 10.1. The zero-order valence-electron chi connectivity index (χ0n) is 11.6. The zero-order valence-corrected chi connectivity index (χ0v) is 14.1. The fraction of sp³-hybridized carbons (Fsp3) is 0.118. The van der Waals surface area contributed by atoms with Crippen molar-refractivity contribution in [1.82, 2.24) is 0 Å². The average molecular weight is 332 g/mol. The standard InChI is InChI=1S/C17H13FS3/c1-10-3-6-12(7-4-10)15-16(20-21-17(15)19)13-8-5-11(2)14(18)9-13/h3-9H,1-2H3. The highest BCUT2D eigenvalue weighted by molar-refractivity contribution is 7.80. The van der Waals surface area contributed by atoms with Gasteiger partial charge >= 0.3 is 0 Å². The molecule has 0 fully saturated rings. The number of rotatable bonds is 2. The van der Waals surface area contributed by atoms with Crippen LogP contribution in [0.5, 0.6) is 0 Å². The van der Waals surface area contributed by atoms with Crippen LogP contribution >= 0.6 is 32.9 Å². The van der Waals surface area contributed by atoms with Crippen molar-refractivity contribution in [3.05, 3.63) is 63.2 Å². The summed E-state index contributed by atoms with van der Waals surface area (Å²) in [5.41, 5.74) is 4.91. The Morgan fingerprint density at radius 2 is 1.57 bits per heavy atom. The van der Waals surface area contributed by atoms with Gasteiger partial charge in [-0.25, -0.2) is 4.39 Å². The molecular weight excluding hydrogens is 319 g/mol. The summed E-state index contributed by atoms with van der Waals surface area (Å²) in [5.74, 6) is -0.174. The molecule has 0 aliphatic heterocycles. The van der Waals surface area contributed by atoms with Crippen molar-refractivity contribution in [2.45, 2.75) is 13.8 Å². The van der Waals surface area contributed by atoms with Crippen molar-refractivity contribution in [3.8, 4) is 21.6 Å². The first-order valence-corrected chi connectivity index (χ1v) is 9.09. The van der Waals surface area contributed by atoms with Crippen LogP contribution in [0.4, 0.5) is 4.39 Å². The van der Waals surface area contributed by atoms with Crippen LogP contribution in [0.2, 0.25) is 0 Å². The van der Waals surface area contributed by atoms with Gasteiger partial charge in [0.05, 0.1) is 4.88 Å². The fourth-order valence-corrected chi connectivity index (χ4v) is 5.06. The van der Waals surface area contributed by atoms with Crippen molar-refractivity contribution in [2.24, 2.45) is 0 Å². The second-order valence-electron chi connectivity index (χ2n) is 4.99. The Balaban J connectivity index is 2.19. The van der Waals surface area contributed by atoms with E-state index in [9.17, 15) is 4.39 Å². The maximum absolute atomic E-state index is 13.8. The second kappa shape index (κ2) is 5.79. The third kappa shape index (κ3) is 2.84. The third-order valence-corrected chi connectivity index (χ3v) is 6.47. The minimum absolute atomic E-state index is 0.174. The van der Waals surface area contributed by atoms with Crippen molar-refractivity contribution >= 4 is 32.9 Å². The Kier molecular flexibility index (Phi) is 4.02. The minimum atomic E-state index is -0.174. The van der Waals surface area contributed by atoms with Crippen LogP contribution in [-0.2, 0) is 0 Å². The first-order valence-electron chi connectivity index (χ1n) is 6.53. The predicted octanol–water partition coefficient (Wildman–Crippen LogP) is 6.63. The molecule has 1 aromatic heterocycles. The van der Waals surface area contributed by atoms with E-state index in [1.165, 1.54) is 5.56 Å². The molecule has 0 nitrogen and oxygen atoms in total. The predicted molar refractivity (Wildman–Crippen MR) is 93.3 cm³/mol. The molecule has 0 amide bonds. The van der Waals surface area contributed by atoms with E-state index in [4.69, 9.17) is 12.2 Å². The van der Waals surface area contributed by atoms with E-state index < -0.39 is 0 Å². The van der Waals surface area contributed by atoms with Crippen LogP contribution in [0.25, 0.3) is 21.6 Å². The maximum Gasteiger partial charge on any atom is 0.126 e. The molecule has 3 aromatic rings. The summed E-state index contributed by atoms with van der Waals surface area (Å²) in [7, 11) is 3.18. The molecule has 0 bridgehead atoms. The molecule has 0 atom stereocenters. The van der Waals surface area contributed by atoms with Gasteiger partial charge in [-0.1, -0.05) is 74.9 Å². The quantitative estimate of drug-likeness (QED) is 0.375. The van der Waals surface area contributed by atoms with Gasteiger partial charge in [0.1, 0.15) is 9.64 Å². The number of halogens is 1. The molecule has 1 heterocycles. The lowest BCUT2D eigenvalue weighted by molar-refractivity contribution is 0.619. The number of hydrogen-bond acceptors (Lipinski definition) is 3. The van der Waals surface area contributed by atoms with E-state index in [1.54, 1.807) is 33.7 Å². The minimum Gasteiger partial charge on any atom is -0.207 e. The largest absolute Gasteiger partial charge is 0.207 e. The molecule has 2 aromatic carbocycles. The highest BCUT2D eigenvalue weighted by Crippen LogP contribution is 2.41.